The average Bonchev–Trinajstić information content (AvgIpc) is 2.72. The first-order chi connectivity index (χ1) is 13.6. The van der Waals surface area contributed by atoms with Crippen molar-refractivity contribution in [2.24, 2.45) is 0 Å². The normalized spacial score (nSPS) is 11.2. The Morgan fingerprint density at radius 1 is 0.857 bits per heavy atom. The topological polar surface area (TPSA) is 47.3 Å². The molecule has 3 nitrogen and oxygen atoms in total. The Balaban J connectivity index is 1.97. The molecule has 1 aromatic heterocycles. The maximum absolute atomic E-state index is 13.1. The fraction of sp³-hybridized carbons (Fsp3) is 0. The first-order valence-electron chi connectivity index (χ1n) is 8.73. The minimum atomic E-state index is -0.684. The van der Waals surface area contributed by atoms with E-state index in [1.54, 1.807) is 48.5 Å². The lowest BCUT2D eigenvalue weighted by Crippen LogP contribution is -2.17. The van der Waals surface area contributed by atoms with E-state index in [1.165, 1.54) is 0 Å². The van der Waals surface area contributed by atoms with Gasteiger partial charge in [0.15, 0.2) is 0 Å². The molecule has 0 saturated heterocycles. The molecule has 0 aliphatic carbocycles. The number of carbonyl (C=O) groups is 1. The van der Waals surface area contributed by atoms with Crippen molar-refractivity contribution in [1.29, 1.82) is 0 Å². The van der Waals surface area contributed by atoms with E-state index in [0.717, 1.165) is 5.56 Å². The van der Waals surface area contributed by atoms with Crippen LogP contribution in [0.25, 0.3) is 23.1 Å². The Morgan fingerprint density at radius 3 is 2.25 bits per heavy atom. The van der Waals surface area contributed by atoms with Gasteiger partial charge in [0.05, 0.1) is 0 Å². The highest BCUT2D eigenvalue weighted by atomic mass is 35.5. The lowest BCUT2D eigenvalue weighted by Gasteiger charge is -2.08. The van der Waals surface area contributed by atoms with Gasteiger partial charge in [-0.2, -0.15) is 0 Å². The van der Waals surface area contributed by atoms with Gasteiger partial charge in [-0.15, -0.1) is 0 Å². The number of rotatable bonds is 4. The van der Waals surface area contributed by atoms with E-state index >= 15 is 0 Å². The minimum Gasteiger partial charge on any atom is -0.422 e. The Morgan fingerprint density at radius 2 is 1.54 bits per heavy atom. The van der Waals surface area contributed by atoms with Crippen LogP contribution in [0.1, 0.15) is 27.0 Å². The third kappa shape index (κ3) is 3.53. The summed E-state index contributed by atoms with van der Waals surface area (Å²) in [6.45, 7) is 0. The van der Waals surface area contributed by atoms with Gasteiger partial charge in [-0.1, -0.05) is 84.4 Å². The largest absolute Gasteiger partial charge is 0.422 e. The van der Waals surface area contributed by atoms with Gasteiger partial charge >= 0.3 is 5.63 Å². The van der Waals surface area contributed by atoms with Crippen molar-refractivity contribution in [3.63, 3.8) is 0 Å². The van der Waals surface area contributed by atoms with Crippen LogP contribution in [0.3, 0.4) is 0 Å². The van der Waals surface area contributed by atoms with Gasteiger partial charge < -0.3 is 4.42 Å². The molecule has 0 aliphatic heterocycles. The molecule has 4 rings (SSSR count). The number of carbonyl (C=O) groups excluding carboxylic acids is 1. The van der Waals surface area contributed by atoms with Gasteiger partial charge in [-0.3, -0.25) is 4.79 Å². The van der Waals surface area contributed by atoms with Gasteiger partial charge in [-0.25, -0.2) is 4.79 Å². The molecule has 4 heteroatoms. The summed E-state index contributed by atoms with van der Waals surface area (Å²) in [5.74, 6) is -0.376. The van der Waals surface area contributed by atoms with Crippen LogP contribution in [0.5, 0.6) is 0 Å². The summed E-state index contributed by atoms with van der Waals surface area (Å²) in [5, 5.41) is 1.10. The Labute approximate surface area is 166 Å². The van der Waals surface area contributed by atoms with Gasteiger partial charge in [0, 0.05) is 27.6 Å². The van der Waals surface area contributed by atoms with Gasteiger partial charge in [0.1, 0.15) is 11.1 Å². The van der Waals surface area contributed by atoms with Crippen molar-refractivity contribution in [3.05, 3.63) is 117 Å². The van der Waals surface area contributed by atoms with Gasteiger partial charge in [0.25, 0.3) is 0 Å². The fourth-order valence-corrected chi connectivity index (χ4v) is 3.23. The summed E-state index contributed by atoms with van der Waals surface area (Å²) in [7, 11) is 0. The summed E-state index contributed by atoms with van der Waals surface area (Å²) >= 11 is 6.05. The number of ketones is 1. The predicted molar refractivity (Wildman–Crippen MR) is 113 cm³/mol. The Kier molecular flexibility index (Phi) is 4.92. The molecule has 28 heavy (non-hydrogen) atoms. The molecule has 0 spiro atoms. The molecule has 136 valence electrons. The molecule has 0 radical (unpaired) electrons. The first-order valence-corrected chi connectivity index (χ1v) is 9.10. The fourth-order valence-electron chi connectivity index (χ4n) is 3.06. The highest BCUT2D eigenvalue weighted by molar-refractivity contribution is 6.31. The first kappa shape index (κ1) is 18.0. The molecule has 0 N–H and O–H groups in total. The molecule has 0 fully saturated rings. The van der Waals surface area contributed by atoms with Crippen molar-refractivity contribution >= 4 is 40.5 Å². The Hall–Kier alpha value is -3.43. The summed E-state index contributed by atoms with van der Waals surface area (Å²) in [5.41, 5.74) is 1.56. The Bertz CT molecular complexity index is 1240. The molecular formula is C24H15ClO3. The van der Waals surface area contributed by atoms with Crippen molar-refractivity contribution in [1.82, 2.24) is 0 Å². The molecule has 0 bridgehead atoms. The molecule has 0 atom stereocenters. The number of hydrogen-bond donors (Lipinski definition) is 0. The molecule has 0 amide bonds. The minimum absolute atomic E-state index is 0.00760. The van der Waals surface area contributed by atoms with Crippen LogP contribution in [0, 0.1) is 0 Å². The summed E-state index contributed by atoms with van der Waals surface area (Å²) in [4.78, 5) is 25.8. The van der Waals surface area contributed by atoms with E-state index in [-0.39, 0.29) is 11.3 Å². The lowest BCUT2D eigenvalue weighted by molar-refractivity contribution is 0.103. The number of halogens is 1. The molecular weight excluding hydrogens is 372 g/mol. The smallest absolute Gasteiger partial charge is 0.348 e. The molecule has 4 aromatic rings. The van der Waals surface area contributed by atoms with Crippen molar-refractivity contribution < 1.29 is 9.21 Å². The van der Waals surface area contributed by atoms with Crippen LogP contribution in [0.4, 0.5) is 0 Å². The van der Waals surface area contributed by atoms with E-state index in [9.17, 15) is 9.59 Å². The highest BCUT2D eigenvalue weighted by Gasteiger charge is 2.21. The van der Waals surface area contributed by atoms with Crippen molar-refractivity contribution in [2.45, 2.75) is 0 Å². The zero-order valence-corrected chi connectivity index (χ0v) is 15.5. The van der Waals surface area contributed by atoms with E-state index < -0.39 is 5.63 Å². The zero-order valence-electron chi connectivity index (χ0n) is 14.8. The van der Waals surface area contributed by atoms with Gasteiger partial charge in [-0.05, 0) is 17.7 Å². The molecule has 0 saturated carbocycles. The average molecular weight is 387 g/mol. The number of benzene rings is 3. The zero-order chi connectivity index (χ0) is 19.5. The monoisotopic (exact) mass is 386 g/mol. The van der Waals surface area contributed by atoms with Crippen LogP contribution in [-0.4, -0.2) is 5.78 Å². The van der Waals surface area contributed by atoms with Crippen LogP contribution < -0.4 is 5.63 Å². The number of hydrogen-bond acceptors (Lipinski definition) is 3. The molecule has 1 heterocycles. The van der Waals surface area contributed by atoms with E-state index in [0.29, 0.717) is 27.1 Å². The third-order valence-electron chi connectivity index (χ3n) is 4.42. The second kappa shape index (κ2) is 7.67. The van der Waals surface area contributed by atoms with Crippen LogP contribution in [0.2, 0.25) is 5.02 Å². The van der Waals surface area contributed by atoms with Crippen molar-refractivity contribution in [3.8, 4) is 0 Å². The van der Waals surface area contributed by atoms with E-state index in [4.69, 9.17) is 16.0 Å². The van der Waals surface area contributed by atoms with Crippen LogP contribution in [0.15, 0.2) is 88.1 Å². The van der Waals surface area contributed by atoms with E-state index in [2.05, 4.69) is 0 Å². The standard InChI is InChI=1S/C24H15ClO3/c25-18-12-14-19-20(13-11-16-7-3-1-4-8-16)22(24(27)28-21(19)15-18)23(26)17-9-5-2-6-10-17/h1-15H/b13-11+. The molecule has 0 aliphatic rings. The molecule has 0 unspecified atom stereocenters. The summed E-state index contributed by atoms with van der Waals surface area (Å²) < 4.78 is 5.41. The summed E-state index contributed by atoms with van der Waals surface area (Å²) in [6, 6.07) is 23.4. The molecule has 3 aromatic carbocycles. The SMILES string of the molecule is O=C(c1ccccc1)c1c(/C=C/c2ccccc2)c2ccc(Cl)cc2oc1=O. The maximum Gasteiger partial charge on any atom is 0.348 e. The second-order valence-corrected chi connectivity index (χ2v) is 6.69. The van der Waals surface area contributed by atoms with Gasteiger partial charge in [0.2, 0.25) is 5.78 Å². The highest BCUT2D eigenvalue weighted by Crippen LogP contribution is 2.26. The quantitative estimate of drug-likeness (QED) is 0.326. The number of fused-ring (bicyclic) bond motifs is 1. The summed E-state index contributed by atoms with van der Waals surface area (Å²) in [6.07, 6.45) is 3.64. The second-order valence-electron chi connectivity index (χ2n) is 6.26. The van der Waals surface area contributed by atoms with Crippen LogP contribution >= 0.6 is 11.6 Å². The van der Waals surface area contributed by atoms with Crippen LogP contribution in [-0.2, 0) is 0 Å². The third-order valence-corrected chi connectivity index (χ3v) is 4.65. The maximum atomic E-state index is 13.1. The lowest BCUT2D eigenvalue weighted by atomic mass is 9.96. The predicted octanol–water partition coefficient (Wildman–Crippen LogP) is 5.85. The van der Waals surface area contributed by atoms with Crippen molar-refractivity contribution in [2.75, 3.05) is 0 Å². The van der Waals surface area contributed by atoms with E-state index in [1.807, 2.05) is 42.5 Å².